The first-order valence-corrected chi connectivity index (χ1v) is 5.86. The molecule has 0 fully saturated rings. The fourth-order valence-electron chi connectivity index (χ4n) is 1.33. The first-order chi connectivity index (χ1) is 7.58. The fraction of sp³-hybridized carbons (Fsp3) is 0. The first-order valence-electron chi connectivity index (χ1n) is 4.35. The highest BCUT2D eigenvalue weighted by atomic mass is 35.5. The summed E-state index contributed by atoms with van der Waals surface area (Å²) in [6.07, 6.45) is 0. The van der Waals surface area contributed by atoms with Gasteiger partial charge >= 0.3 is 0 Å². The molecule has 16 heavy (non-hydrogen) atoms. The van der Waals surface area contributed by atoms with Crippen molar-refractivity contribution < 1.29 is 0 Å². The van der Waals surface area contributed by atoms with Crippen molar-refractivity contribution in [1.29, 1.82) is 0 Å². The summed E-state index contributed by atoms with van der Waals surface area (Å²) < 4.78 is 0. The molecule has 0 aliphatic rings. The lowest BCUT2D eigenvalue weighted by molar-refractivity contribution is 1.33. The van der Waals surface area contributed by atoms with Crippen LogP contribution >= 0.6 is 46.4 Å². The maximum absolute atomic E-state index is 6.07. The van der Waals surface area contributed by atoms with E-state index in [0.29, 0.717) is 31.5 Å². The molecule has 0 aliphatic heterocycles. The zero-order valence-corrected chi connectivity index (χ0v) is 10.9. The smallest absolute Gasteiger partial charge is 0.129 e. The maximum atomic E-state index is 6.07. The van der Waals surface area contributed by atoms with Crippen LogP contribution in [0, 0.1) is 0 Å². The molecule has 5 heteroatoms. The van der Waals surface area contributed by atoms with E-state index < -0.39 is 0 Å². The molecule has 2 aromatic rings. The Morgan fingerprint density at radius 2 is 1.50 bits per heavy atom. The van der Waals surface area contributed by atoms with Crippen molar-refractivity contribution in [3.05, 3.63) is 50.6 Å². The molecule has 1 heterocycles. The van der Waals surface area contributed by atoms with Gasteiger partial charge in [-0.05, 0) is 24.3 Å². The average Bonchev–Trinajstić information content (AvgIpc) is 2.15. The average molecular weight is 293 g/mol. The third-order valence-electron chi connectivity index (χ3n) is 1.98. The highest BCUT2D eigenvalue weighted by molar-refractivity contribution is 6.41. The monoisotopic (exact) mass is 291 g/mol. The highest BCUT2D eigenvalue weighted by Crippen LogP contribution is 2.36. The number of halogens is 4. The van der Waals surface area contributed by atoms with Crippen molar-refractivity contribution in [3.8, 4) is 11.3 Å². The molecule has 0 saturated carbocycles. The lowest BCUT2D eigenvalue weighted by Crippen LogP contribution is -1.86. The Labute approximate surface area is 113 Å². The standard InChI is InChI=1S/C11H5Cl4N/c12-6-4-7(13)11(8(14)5-6)9-2-1-3-10(15)16-9/h1-5H. The van der Waals surface area contributed by atoms with Crippen LogP contribution in [-0.4, -0.2) is 4.98 Å². The third-order valence-corrected chi connectivity index (χ3v) is 3.00. The summed E-state index contributed by atoms with van der Waals surface area (Å²) >= 11 is 23.8. The molecule has 0 saturated heterocycles. The predicted molar refractivity (Wildman–Crippen MR) is 69.7 cm³/mol. The summed E-state index contributed by atoms with van der Waals surface area (Å²) in [5.41, 5.74) is 1.26. The molecule has 0 amide bonds. The van der Waals surface area contributed by atoms with Gasteiger partial charge in [0.25, 0.3) is 0 Å². The molecule has 0 bridgehead atoms. The van der Waals surface area contributed by atoms with E-state index in [4.69, 9.17) is 46.4 Å². The van der Waals surface area contributed by atoms with Gasteiger partial charge < -0.3 is 0 Å². The molecule has 1 aromatic heterocycles. The number of hydrogen-bond acceptors (Lipinski definition) is 1. The molecule has 82 valence electrons. The summed E-state index contributed by atoms with van der Waals surface area (Å²) in [5, 5.41) is 1.78. The second-order valence-electron chi connectivity index (χ2n) is 3.09. The number of rotatable bonds is 1. The summed E-state index contributed by atoms with van der Waals surface area (Å²) in [6.45, 7) is 0. The highest BCUT2D eigenvalue weighted by Gasteiger charge is 2.11. The van der Waals surface area contributed by atoms with Crippen LogP contribution in [-0.2, 0) is 0 Å². The Hall–Kier alpha value is -0.470. The SMILES string of the molecule is Clc1cc(Cl)c(-c2cccc(Cl)n2)c(Cl)c1. The minimum Gasteiger partial charge on any atom is -0.236 e. The normalized spacial score (nSPS) is 10.5. The van der Waals surface area contributed by atoms with Gasteiger partial charge in [-0.2, -0.15) is 0 Å². The van der Waals surface area contributed by atoms with Gasteiger partial charge in [0.05, 0.1) is 15.7 Å². The summed E-state index contributed by atoms with van der Waals surface area (Å²) in [6, 6.07) is 8.49. The molecule has 0 spiro atoms. The van der Waals surface area contributed by atoms with Crippen LogP contribution in [0.4, 0.5) is 0 Å². The lowest BCUT2D eigenvalue weighted by Gasteiger charge is -2.07. The Morgan fingerprint density at radius 3 is 2.06 bits per heavy atom. The number of hydrogen-bond donors (Lipinski definition) is 0. The van der Waals surface area contributed by atoms with E-state index in [2.05, 4.69) is 4.98 Å². The summed E-state index contributed by atoms with van der Waals surface area (Å²) in [7, 11) is 0. The predicted octanol–water partition coefficient (Wildman–Crippen LogP) is 5.36. The van der Waals surface area contributed by atoms with Gasteiger partial charge in [0.15, 0.2) is 0 Å². The maximum Gasteiger partial charge on any atom is 0.129 e. The molecular formula is C11H5Cl4N. The van der Waals surface area contributed by atoms with Crippen LogP contribution in [0.5, 0.6) is 0 Å². The Kier molecular flexibility index (Phi) is 3.60. The minimum atomic E-state index is 0.389. The molecular weight excluding hydrogens is 288 g/mol. The van der Waals surface area contributed by atoms with E-state index in [0.717, 1.165) is 0 Å². The number of nitrogens with zero attached hydrogens (tertiary/aromatic N) is 1. The summed E-state index contributed by atoms with van der Waals surface area (Å²) in [4.78, 5) is 4.15. The Balaban J connectivity index is 2.64. The third kappa shape index (κ3) is 2.44. The van der Waals surface area contributed by atoms with Crippen LogP contribution < -0.4 is 0 Å². The van der Waals surface area contributed by atoms with E-state index in [1.54, 1.807) is 30.3 Å². The van der Waals surface area contributed by atoms with Gasteiger partial charge in [0, 0.05) is 10.6 Å². The molecule has 0 unspecified atom stereocenters. The van der Waals surface area contributed by atoms with Crippen LogP contribution in [0.2, 0.25) is 20.2 Å². The second kappa shape index (κ2) is 4.80. The van der Waals surface area contributed by atoms with Crippen molar-refractivity contribution in [2.24, 2.45) is 0 Å². The van der Waals surface area contributed by atoms with E-state index in [1.165, 1.54) is 0 Å². The van der Waals surface area contributed by atoms with Crippen molar-refractivity contribution in [1.82, 2.24) is 4.98 Å². The zero-order valence-electron chi connectivity index (χ0n) is 7.85. The zero-order chi connectivity index (χ0) is 11.7. The van der Waals surface area contributed by atoms with Crippen LogP contribution in [0.25, 0.3) is 11.3 Å². The molecule has 0 atom stereocenters. The number of pyridine rings is 1. The van der Waals surface area contributed by atoms with Gasteiger partial charge in [-0.15, -0.1) is 0 Å². The topological polar surface area (TPSA) is 12.9 Å². The number of benzene rings is 1. The van der Waals surface area contributed by atoms with Crippen molar-refractivity contribution in [2.45, 2.75) is 0 Å². The molecule has 0 N–H and O–H groups in total. The minimum absolute atomic E-state index is 0.389. The Bertz CT molecular complexity index is 516. The van der Waals surface area contributed by atoms with Crippen molar-refractivity contribution in [3.63, 3.8) is 0 Å². The van der Waals surface area contributed by atoms with E-state index >= 15 is 0 Å². The molecule has 1 nitrogen and oxygen atoms in total. The van der Waals surface area contributed by atoms with Crippen LogP contribution in [0.3, 0.4) is 0 Å². The van der Waals surface area contributed by atoms with Crippen molar-refractivity contribution >= 4 is 46.4 Å². The molecule has 0 radical (unpaired) electrons. The Morgan fingerprint density at radius 1 is 0.875 bits per heavy atom. The second-order valence-corrected chi connectivity index (χ2v) is 4.73. The molecule has 0 aliphatic carbocycles. The van der Waals surface area contributed by atoms with E-state index in [9.17, 15) is 0 Å². The molecule has 1 aromatic carbocycles. The quantitative estimate of drug-likeness (QED) is 0.645. The van der Waals surface area contributed by atoms with Gasteiger partial charge in [0.1, 0.15) is 5.15 Å². The van der Waals surface area contributed by atoms with Crippen LogP contribution in [0.1, 0.15) is 0 Å². The van der Waals surface area contributed by atoms with Gasteiger partial charge in [-0.25, -0.2) is 4.98 Å². The van der Waals surface area contributed by atoms with Gasteiger partial charge in [-0.1, -0.05) is 52.5 Å². The van der Waals surface area contributed by atoms with Gasteiger partial charge in [0.2, 0.25) is 0 Å². The van der Waals surface area contributed by atoms with Gasteiger partial charge in [-0.3, -0.25) is 0 Å². The number of aromatic nitrogens is 1. The fourth-order valence-corrected chi connectivity index (χ4v) is 2.51. The van der Waals surface area contributed by atoms with E-state index in [-0.39, 0.29) is 0 Å². The molecule has 2 rings (SSSR count). The van der Waals surface area contributed by atoms with Crippen LogP contribution in [0.15, 0.2) is 30.3 Å². The summed E-state index contributed by atoms with van der Waals surface area (Å²) in [5.74, 6) is 0. The largest absolute Gasteiger partial charge is 0.236 e. The van der Waals surface area contributed by atoms with Crippen molar-refractivity contribution in [2.75, 3.05) is 0 Å². The lowest BCUT2D eigenvalue weighted by atomic mass is 10.1. The van der Waals surface area contributed by atoms with E-state index in [1.807, 2.05) is 0 Å². The first kappa shape index (κ1) is 12.0.